The van der Waals surface area contributed by atoms with Crippen LogP contribution in [-0.4, -0.2) is 10.2 Å². The molecular weight excluding hydrogens is 184 g/mol. The summed E-state index contributed by atoms with van der Waals surface area (Å²) in [7, 11) is 0. The number of benzene rings is 1. The third-order valence-electron chi connectivity index (χ3n) is 2.31. The molecule has 0 saturated carbocycles. The summed E-state index contributed by atoms with van der Waals surface area (Å²) < 4.78 is 0. The minimum atomic E-state index is 0.857. The fourth-order valence-electron chi connectivity index (χ4n) is 1.64. The van der Waals surface area contributed by atoms with Crippen molar-refractivity contribution in [1.29, 1.82) is 0 Å². The van der Waals surface area contributed by atoms with Crippen molar-refractivity contribution in [3.63, 3.8) is 0 Å². The molecule has 0 unspecified atom stereocenters. The lowest BCUT2D eigenvalue weighted by Gasteiger charge is -2.02. The minimum absolute atomic E-state index is 0.857. The van der Waals surface area contributed by atoms with Crippen LogP contribution in [0.4, 0.5) is 0 Å². The summed E-state index contributed by atoms with van der Waals surface area (Å²) in [5.41, 5.74) is 4.76. The van der Waals surface area contributed by atoms with Crippen LogP contribution >= 0.6 is 0 Å². The fraction of sp³-hybridized carbons (Fsp3) is 0.231. The first-order valence-corrected chi connectivity index (χ1v) is 5.08. The van der Waals surface area contributed by atoms with Crippen LogP contribution in [0.15, 0.2) is 36.5 Å². The molecule has 0 atom stereocenters. The van der Waals surface area contributed by atoms with E-state index in [1.807, 2.05) is 6.92 Å². The van der Waals surface area contributed by atoms with Gasteiger partial charge in [-0.1, -0.05) is 29.8 Å². The number of aryl methyl sites for hydroxylation is 2. The summed E-state index contributed by atoms with van der Waals surface area (Å²) in [5, 5.41) is 8.07. The molecule has 0 aliphatic carbocycles. The summed E-state index contributed by atoms with van der Waals surface area (Å²) in [6.07, 6.45) is 2.64. The number of rotatable bonds is 2. The Morgan fingerprint density at radius 3 is 2.67 bits per heavy atom. The summed E-state index contributed by atoms with van der Waals surface area (Å²) in [6.45, 7) is 4.14. The molecule has 0 fully saturated rings. The number of nitrogens with zero attached hydrogens (tertiary/aromatic N) is 2. The van der Waals surface area contributed by atoms with Gasteiger partial charge in [0.05, 0.1) is 11.9 Å². The highest BCUT2D eigenvalue weighted by atomic mass is 15.1. The molecule has 1 heterocycles. The van der Waals surface area contributed by atoms with Gasteiger partial charge in [-0.25, -0.2) is 0 Å². The van der Waals surface area contributed by atoms with Gasteiger partial charge in [0.1, 0.15) is 0 Å². The minimum Gasteiger partial charge on any atom is -0.159 e. The first kappa shape index (κ1) is 9.84. The van der Waals surface area contributed by atoms with E-state index in [-0.39, 0.29) is 0 Å². The molecule has 2 heteroatoms. The van der Waals surface area contributed by atoms with Gasteiger partial charge in [0.2, 0.25) is 0 Å². The molecule has 2 aromatic rings. The van der Waals surface area contributed by atoms with E-state index in [1.54, 1.807) is 6.20 Å². The Bertz CT molecular complexity index is 420. The smallest absolute Gasteiger partial charge is 0.0677 e. The van der Waals surface area contributed by atoms with Crippen molar-refractivity contribution in [1.82, 2.24) is 10.2 Å². The molecule has 15 heavy (non-hydrogen) atoms. The molecule has 0 saturated heterocycles. The van der Waals surface area contributed by atoms with E-state index in [0.717, 1.165) is 17.7 Å². The second kappa shape index (κ2) is 4.22. The molecule has 1 aromatic carbocycles. The van der Waals surface area contributed by atoms with Crippen molar-refractivity contribution in [3.8, 4) is 0 Å². The molecule has 2 nitrogen and oxygen atoms in total. The Kier molecular flexibility index (Phi) is 2.77. The Balaban J connectivity index is 2.22. The maximum Gasteiger partial charge on any atom is 0.0677 e. The lowest BCUT2D eigenvalue weighted by Crippen LogP contribution is -1.95. The van der Waals surface area contributed by atoms with E-state index in [0.29, 0.717) is 0 Å². The van der Waals surface area contributed by atoms with Crippen LogP contribution in [-0.2, 0) is 6.42 Å². The van der Waals surface area contributed by atoms with E-state index in [4.69, 9.17) is 0 Å². The highest BCUT2D eigenvalue weighted by molar-refractivity contribution is 5.26. The van der Waals surface area contributed by atoms with Gasteiger partial charge >= 0.3 is 0 Å². The number of hydrogen-bond donors (Lipinski definition) is 0. The largest absolute Gasteiger partial charge is 0.159 e. The monoisotopic (exact) mass is 198 g/mol. The van der Waals surface area contributed by atoms with Crippen LogP contribution in [0.5, 0.6) is 0 Å². The predicted octanol–water partition coefficient (Wildman–Crippen LogP) is 2.68. The van der Waals surface area contributed by atoms with E-state index in [1.165, 1.54) is 11.1 Å². The Morgan fingerprint density at radius 1 is 1.07 bits per heavy atom. The summed E-state index contributed by atoms with van der Waals surface area (Å²) in [6, 6.07) is 10.6. The van der Waals surface area contributed by atoms with Crippen molar-refractivity contribution in [2.75, 3.05) is 0 Å². The molecule has 0 bridgehead atoms. The predicted molar refractivity (Wildman–Crippen MR) is 60.8 cm³/mol. The van der Waals surface area contributed by atoms with Gasteiger partial charge < -0.3 is 0 Å². The maximum atomic E-state index is 4.11. The maximum absolute atomic E-state index is 4.11. The molecule has 1 aromatic heterocycles. The van der Waals surface area contributed by atoms with Gasteiger partial charge in [-0.15, -0.1) is 0 Å². The Hall–Kier alpha value is -1.70. The summed E-state index contributed by atoms with van der Waals surface area (Å²) in [5.74, 6) is 0. The first-order valence-electron chi connectivity index (χ1n) is 5.08. The van der Waals surface area contributed by atoms with Crippen molar-refractivity contribution in [3.05, 3.63) is 58.9 Å². The second-order valence-corrected chi connectivity index (χ2v) is 3.89. The Morgan fingerprint density at radius 2 is 1.93 bits per heavy atom. The van der Waals surface area contributed by atoms with Crippen LogP contribution in [0, 0.1) is 13.8 Å². The molecule has 0 spiro atoms. The third-order valence-corrected chi connectivity index (χ3v) is 2.31. The van der Waals surface area contributed by atoms with Crippen LogP contribution in [0.1, 0.15) is 22.4 Å². The average molecular weight is 198 g/mol. The normalized spacial score (nSPS) is 10.3. The van der Waals surface area contributed by atoms with Gasteiger partial charge in [-0.2, -0.15) is 10.2 Å². The summed E-state index contributed by atoms with van der Waals surface area (Å²) in [4.78, 5) is 0. The molecule has 0 N–H and O–H groups in total. The molecule has 0 amide bonds. The SMILES string of the molecule is Cc1cccc(Cc2cc(C)cnn2)c1. The van der Waals surface area contributed by atoms with Crippen molar-refractivity contribution in [2.45, 2.75) is 20.3 Å². The van der Waals surface area contributed by atoms with Crippen molar-refractivity contribution < 1.29 is 0 Å². The summed E-state index contributed by atoms with van der Waals surface area (Å²) >= 11 is 0. The third kappa shape index (κ3) is 2.62. The van der Waals surface area contributed by atoms with Gasteiger partial charge in [-0.05, 0) is 31.0 Å². The van der Waals surface area contributed by atoms with Crippen LogP contribution in [0.2, 0.25) is 0 Å². The molecule has 76 valence electrons. The molecule has 2 rings (SSSR count). The second-order valence-electron chi connectivity index (χ2n) is 3.89. The highest BCUT2D eigenvalue weighted by Crippen LogP contribution is 2.09. The zero-order chi connectivity index (χ0) is 10.7. The van der Waals surface area contributed by atoms with Crippen LogP contribution in [0.25, 0.3) is 0 Å². The zero-order valence-electron chi connectivity index (χ0n) is 9.07. The average Bonchev–Trinajstić information content (AvgIpc) is 2.17. The molecule has 0 radical (unpaired) electrons. The van der Waals surface area contributed by atoms with E-state index in [9.17, 15) is 0 Å². The lowest BCUT2D eigenvalue weighted by molar-refractivity contribution is 0.925. The standard InChI is InChI=1S/C13H14N2/c1-10-4-3-5-12(6-10)8-13-7-11(2)9-14-15-13/h3-7,9H,8H2,1-2H3. The van der Waals surface area contributed by atoms with Crippen molar-refractivity contribution in [2.24, 2.45) is 0 Å². The van der Waals surface area contributed by atoms with Gasteiger partial charge in [0.15, 0.2) is 0 Å². The van der Waals surface area contributed by atoms with E-state index >= 15 is 0 Å². The van der Waals surface area contributed by atoms with Crippen LogP contribution in [0.3, 0.4) is 0 Å². The Labute approximate surface area is 90.0 Å². The first-order chi connectivity index (χ1) is 7.24. The van der Waals surface area contributed by atoms with Crippen molar-refractivity contribution >= 4 is 0 Å². The molecule has 0 aliphatic heterocycles. The highest BCUT2D eigenvalue weighted by Gasteiger charge is 1.98. The number of aromatic nitrogens is 2. The fourth-order valence-corrected chi connectivity index (χ4v) is 1.64. The van der Waals surface area contributed by atoms with Gasteiger partial charge in [0.25, 0.3) is 0 Å². The molecule has 0 aliphatic rings. The zero-order valence-corrected chi connectivity index (χ0v) is 9.07. The van der Waals surface area contributed by atoms with Gasteiger partial charge in [-0.3, -0.25) is 0 Å². The van der Waals surface area contributed by atoms with Gasteiger partial charge in [0, 0.05) is 6.42 Å². The molecular formula is C13H14N2. The number of hydrogen-bond acceptors (Lipinski definition) is 2. The quantitative estimate of drug-likeness (QED) is 0.741. The van der Waals surface area contributed by atoms with E-state index in [2.05, 4.69) is 47.5 Å². The van der Waals surface area contributed by atoms with E-state index < -0.39 is 0 Å². The lowest BCUT2D eigenvalue weighted by atomic mass is 10.1. The topological polar surface area (TPSA) is 25.8 Å². The van der Waals surface area contributed by atoms with Crippen LogP contribution < -0.4 is 0 Å².